The van der Waals surface area contributed by atoms with Crippen molar-refractivity contribution >= 4 is 6.03 Å². The Labute approximate surface area is 143 Å². The lowest BCUT2D eigenvalue weighted by Crippen LogP contribution is -2.37. The van der Waals surface area contributed by atoms with Crippen molar-refractivity contribution < 1.29 is 9.90 Å². The first kappa shape index (κ1) is 18.0. The Hall–Kier alpha value is -2.33. The number of carbonyl (C=O) groups excluding carboxylic acids is 1. The first-order chi connectivity index (χ1) is 11.7. The number of aliphatic hydroxyl groups excluding tert-OH is 1. The second kappa shape index (κ2) is 9.73. The van der Waals surface area contributed by atoms with Gasteiger partial charge in [-0.15, -0.1) is 0 Å². The zero-order chi connectivity index (χ0) is 17.2. The fourth-order valence-electron chi connectivity index (χ4n) is 2.80. The maximum atomic E-state index is 12.1. The Morgan fingerprint density at radius 3 is 2.33 bits per heavy atom. The zero-order valence-corrected chi connectivity index (χ0v) is 14.2. The van der Waals surface area contributed by atoms with Crippen molar-refractivity contribution in [2.24, 2.45) is 0 Å². The number of benzene rings is 2. The van der Waals surface area contributed by atoms with Crippen molar-refractivity contribution in [1.29, 1.82) is 0 Å². The number of carbonyl (C=O) groups is 1. The summed E-state index contributed by atoms with van der Waals surface area (Å²) in [7, 11) is 0. The Balaban J connectivity index is 1.85. The van der Waals surface area contributed by atoms with E-state index in [0.717, 1.165) is 17.5 Å². The molecule has 0 aliphatic heterocycles. The van der Waals surface area contributed by atoms with Crippen LogP contribution in [-0.2, 0) is 13.0 Å². The first-order valence-electron chi connectivity index (χ1n) is 8.48. The molecular formula is C20H26N2O2. The molecular weight excluding hydrogens is 300 g/mol. The SMILES string of the molecule is CCc1ccccc1CNC(=O)NCC(CCO)c1ccccc1. The molecule has 3 N–H and O–H groups in total. The predicted octanol–water partition coefficient (Wildman–Crippen LogP) is 3.21. The van der Waals surface area contributed by atoms with Gasteiger partial charge in [0.15, 0.2) is 0 Å². The summed E-state index contributed by atoms with van der Waals surface area (Å²) in [6.45, 7) is 3.24. The molecule has 0 heterocycles. The largest absolute Gasteiger partial charge is 0.396 e. The molecule has 0 aliphatic carbocycles. The molecule has 2 aromatic carbocycles. The second-order valence-corrected chi connectivity index (χ2v) is 5.81. The van der Waals surface area contributed by atoms with Crippen LogP contribution in [0.2, 0.25) is 0 Å². The van der Waals surface area contributed by atoms with Gasteiger partial charge in [0.2, 0.25) is 0 Å². The fraction of sp³-hybridized carbons (Fsp3) is 0.350. The van der Waals surface area contributed by atoms with Crippen molar-refractivity contribution in [3.05, 3.63) is 71.3 Å². The smallest absolute Gasteiger partial charge is 0.315 e. The van der Waals surface area contributed by atoms with Crippen molar-refractivity contribution in [3.8, 4) is 0 Å². The Bertz CT molecular complexity index is 629. The first-order valence-corrected chi connectivity index (χ1v) is 8.48. The van der Waals surface area contributed by atoms with Gasteiger partial charge in [-0.1, -0.05) is 61.5 Å². The average Bonchev–Trinajstić information content (AvgIpc) is 2.64. The molecule has 0 aliphatic rings. The standard InChI is InChI=1S/C20H26N2O2/c1-2-16-8-6-7-11-18(16)14-21-20(24)22-15-19(12-13-23)17-9-4-3-5-10-17/h3-11,19,23H,2,12-15H2,1H3,(H2,21,22,24). The highest BCUT2D eigenvalue weighted by Gasteiger charge is 2.12. The van der Waals surface area contributed by atoms with Crippen LogP contribution in [0.15, 0.2) is 54.6 Å². The van der Waals surface area contributed by atoms with Gasteiger partial charge in [-0.25, -0.2) is 4.79 Å². The van der Waals surface area contributed by atoms with Crippen LogP contribution in [0.3, 0.4) is 0 Å². The minimum absolute atomic E-state index is 0.104. The van der Waals surface area contributed by atoms with Crippen LogP contribution in [0.1, 0.15) is 36.0 Å². The van der Waals surface area contributed by atoms with Crippen LogP contribution in [0.4, 0.5) is 4.79 Å². The predicted molar refractivity (Wildman–Crippen MR) is 96.9 cm³/mol. The molecule has 128 valence electrons. The van der Waals surface area contributed by atoms with Gasteiger partial charge in [-0.2, -0.15) is 0 Å². The van der Waals surface area contributed by atoms with E-state index in [1.54, 1.807) is 0 Å². The van der Waals surface area contributed by atoms with E-state index in [1.165, 1.54) is 5.56 Å². The lowest BCUT2D eigenvalue weighted by Gasteiger charge is -2.17. The summed E-state index contributed by atoms with van der Waals surface area (Å²) in [5.41, 5.74) is 3.52. The van der Waals surface area contributed by atoms with E-state index >= 15 is 0 Å². The zero-order valence-electron chi connectivity index (χ0n) is 14.2. The van der Waals surface area contributed by atoms with Gasteiger partial charge in [-0.05, 0) is 29.5 Å². The summed E-state index contributed by atoms with van der Waals surface area (Å²) in [4.78, 5) is 12.1. The minimum atomic E-state index is -0.181. The van der Waals surface area contributed by atoms with E-state index in [1.807, 2.05) is 48.5 Å². The topological polar surface area (TPSA) is 61.4 Å². The molecule has 0 spiro atoms. The van der Waals surface area contributed by atoms with E-state index in [9.17, 15) is 9.90 Å². The number of urea groups is 1. The summed E-state index contributed by atoms with van der Waals surface area (Å²) >= 11 is 0. The summed E-state index contributed by atoms with van der Waals surface area (Å²) in [6, 6.07) is 17.9. The monoisotopic (exact) mass is 326 g/mol. The molecule has 4 heteroatoms. The van der Waals surface area contributed by atoms with E-state index in [4.69, 9.17) is 0 Å². The number of hydrogen-bond acceptors (Lipinski definition) is 2. The molecule has 2 amide bonds. The fourth-order valence-corrected chi connectivity index (χ4v) is 2.80. The van der Waals surface area contributed by atoms with Crippen LogP contribution in [0.5, 0.6) is 0 Å². The number of aliphatic hydroxyl groups is 1. The maximum absolute atomic E-state index is 12.1. The minimum Gasteiger partial charge on any atom is -0.396 e. The molecule has 0 aromatic heterocycles. The third-order valence-corrected chi connectivity index (χ3v) is 4.20. The Morgan fingerprint density at radius 1 is 1.00 bits per heavy atom. The molecule has 0 radical (unpaired) electrons. The summed E-state index contributed by atoms with van der Waals surface area (Å²) < 4.78 is 0. The average molecular weight is 326 g/mol. The van der Waals surface area contributed by atoms with Gasteiger partial charge in [0, 0.05) is 25.6 Å². The van der Waals surface area contributed by atoms with Gasteiger partial charge >= 0.3 is 6.03 Å². The Kier molecular flexibility index (Phi) is 7.30. The second-order valence-electron chi connectivity index (χ2n) is 5.81. The molecule has 1 atom stereocenters. The van der Waals surface area contributed by atoms with Crippen molar-refractivity contribution in [3.63, 3.8) is 0 Å². The number of amides is 2. The van der Waals surface area contributed by atoms with Crippen molar-refractivity contribution in [2.45, 2.75) is 32.2 Å². The Morgan fingerprint density at radius 2 is 1.67 bits per heavy atom. The van der Waals surface area contributed by atoms with Crippen LogP contribution in [0.25, 0.3) is 0 Å². The highest BCUT2D eigenvalue weighted by Crippen LogP contribution is 2.18. The van der Waals surface area contributed by atoms with E-state index in [2.05, 4.69) is 23.6 Å². The highest BCUT2D eigenvalue weighted by molar-refractivity contribution is 5.73. The lowest BCUT2D eigenvalue weighted by atomic mass is 9.96. The van der Waals surface area contributed by atoms with Gasteiger partial charge in [0.05, 0.1) is 0 Å². The van der Waals surface area contributed by atoms with Gasteiger partial charge in [0.1, 0.15) is 0 Å². The lowest BCUT2D eigenvalue weighted by molar-refractivity contribution is 0.237. The summed E-state index contributed by atoms with van der Waals surface area (Å²) in [5, 5.41) is 15.1. The number of nitrogens with one attached hydrogen (secondary N) is 2. The molecule has 4 nitrogen and oxygen atoms in total. The molecule has 1 unspecified atom stereocenters. The molecule has 2 aromatic rings. The van der Waals surface area contributed by atoms with E-state index < -0.39 is 0 Å². The third-order valence-electron chi connectivity index (χ3n) is 4.20. The van der Waals surface area contributed by atoms with Gasteiger partial charge in [-0.3, -0.25) is 0 Å². The molecule has 0 saturated heterocycles. The summed E-state index contributed by atoms with van der Waals surface area (Å²) in [6.07, 6.45) is 1.58. The van der Waals surface area contributed by atoms with Crippen LogP contribution in [0, 0.1) is 0 Å². The number of aryl methyl sites for hydroxylation is 1. The molecule has 24 heavy (non-hydrogen) atoms. The summed E-state index contributed by atoms with van der Waals surface area (Å²) in [5.74, 6) is 0.116. The molecule has 0 saturated carbocycles. The number of rotatable bonds is 8. The van der Waals surface area contributed by atoms with Gasteiger partial charge < -0.3 is 15.7 Å². The normalized spacial score (nSPS) is 11.8. The quantitative estimate of drug-likeness (QED) is 0.697. The van der Waals surface area contributed by atoms with Crippen molar-refractivity contribution in [2.75, 3.05) is 13.2 Å². The van der Waals surface area contributed by atoms with E-state index in [0.29, 0.717) is 19.5 Å². The van der Waals surface area contributed by atoms with Crippen molar-refractivity contribution in [1.82, 2.24) is 10.6 Å². The number of hydrogen-bond donors (Lipinski definition) is 3. The van der Waals surface area contributed by atoms with Crippen LogP contribution in [-0.4, -0.2) is 24.3 Å². The maximum Gasteiger partial charge on any atom is 0.315 e. The molecule has 0 fully saturated rings. The molecule has 2 rings (SSSR count). The van der Waals surface area contributed by atoms with E-state index in [-0.39, 0.29) is 18.6 Å². The van der Waals surface area contributed by atoms with Gasteiger partial charge in [0.25, 0.3) is 0 Å². The van der Waals surface area contributed by atoms with Crippen LogP contribution < -0.4 is 10.6 Å². The molecule has 0 bridgehead atoms. The van der Waals surface area contributed by atoms with Crippen LogP contribution >= 0.6 is 0 Å². The third kappa shape index (κ3) is 5.39. The highest BCUT2D eigenvalue weighted by atomic mass is 16.3.